The summed E-state index contributed by atoms with van der Waals surface area (Å²) in [6, 6.07) is 1.44. The van der Waals surface area contributed by atoms with Gasteiger partial charge in [-0.1, -0.05) is 37.1 Å². The standard InChI is InChI=1S/C18H23NS/c1-3-7-14-13(6-1)17-15(19-14)10-9-12-11-5-2-4-8-16(11)20-18(12)17/h4,8-11,13-17,19H,1-3,5-7H2. The molecule has 20 heavy (non-hydrogen) atoms. The number of nitrogens with one attached hydrogen (secondary N) is 1. The molecule has 106 valence electrons. The van der Waals surface area contributed by atoms with E-state index >= 15 is 0 Å². The Morgan fingerprint density at radius 3 is 3.05 bits per heavy atom. The smallest absolute Gasteiger partial charge is 0.0340 e. The molecule has 1 saturated carbocycles. The Hall–Kier alpha value is -0.470. The molecule has 2 heteroatoms. The lowest BCUT2D eigenvalue weighted by Gasteiger charge is -2.31. The minimum absolute atomic E-state index is 0.637. The van der Waals surface area contributed by atoms with Crippen LogP contribution in [-0.4, -0.2) is 17.3 Å². The summed E-state index contributed by atoms with van der Waals surface area (Å²) in [5, 5.41) is 4.69. The van der Waals surface area contributed by atoms with Crippen LogP contribution >= 0.6 is 11.8 Å². The molecule has 0 aromatic heterocycles. The monoisotopic (exact) mass is 285 g/mol. The van der Waals surface area contributed by atoms with Gasteiger partial charge in [0, 0.05) is 29.2 Å². The Kier molecular flexibility index (Phi) is 2.73. The maximum Gasteiger partial charge on any atom is 0.0340 e. The predicted octanol–water partition coefficient (Wildman–Crippen LogP) is 4.04. The van der Waals surface area contributed by atoms with Crippen LogP contribution < -0.4 is 5.32 Å². The zero-order chi connectivity index (χ0) is 13.1. The van der Waals surface area contributed by atoms with Crippen LogP contribution in [0.3, 0.4) is 0 Å². The third-order valence-electron chi connectivity index (χ3n) is 6.17. The first-order valence-electron chi connectivity index (χ1n) is 8.43. The molecule has 3 aliphatic carbocycles. The van der Waals surface area contributed by atoms with Crippen LogP contribution in [0.1, 0.15) is 38.5 Å². The number of thioether (sulfide) groups is 1. The van der Waals surface area contributed by atoms with Crippen molar-refractivity contribution in [2.75, 3.05) is 0 Å². The van der Waals surface area contributed by atoms with Gasteiger partial charge in [-0.2, -0.15) is 0 Å². The van der Waals surface area contributed by atoms with E-state index in [1.54, 1.807) is 10.5 Å². The van der Waals surface area contributed by atoms with Gasteiger partial charge in [-0.15, -0.1) is 11.8 Å². The van der Waals surface area contributed by atoms with Crippen molar-refractivity contribution >= 4 is 11.8 Å². The normalized spacial score (nSPS) is 48.8. The minimum atomic E-state index is 0.637. The van der Waals surface area contributed by atoms with Gasteiger partial charge < -0.3 is 5.32 Å². The lowest BCUT2D eigenvalue weighted by Crippen LogP contribution is -2.32. The van der Waals surface area contributed by atoms with Gasteiger partial charge in [-0.3, -0.25) is 0 Å². The Balaban J connectivity index is 1.52. The number of hydrogen-bond acceptors (Lipinski definition) is 2. The third-order valence-corrected chi connectivity index (χ3v) is 7.69. The van der Waals surface area contributed by atoms with Gasteiger partial charge in [0.25, 0.3) is 0 Å². The molecule has 2 fully saturated rings. The molecule has 0 aromatic rings. The number of hydrogen-bond donors (Lipinski definition) is 1. The second-order valence-electron chi connectivity index (χ2n) is 7.15. The van der Waals surface area contributed by atoms with E-state index in [1.807, 2.05) is 0 Å². The number of fused-ring (bicyclic) bond motifs is 6. The van der Waals surface area contributed by atoms with Gasteiger partial charge in [-0.05, 0) is 42.1 Å². The van der Waals surface area contributed by atoms with Crippen molar-refractivity contribution in [3.63, 3.8) is 0 Å². The highest BCUT2D eigenvalue weighted by Gasteiger charge is 2.49. The van der Waals surface area contributed by atoms with E-state index in [9.17, 15) is 0 Å². The minimum Gasteiger partial charge on any atom is -0.307 e. The Morgan fingerprint density at radius 1 is 1.10 bits per heavy atom. The van der Waals surface area contributed by atoms with Crippen LogP contribution in [0.2, 0.25) is 0 Å². The maximum atomic E-state index is 3.94. The fraction of sp³-hybridized carbons (Fsp3) is 0.667. The SMILES string of the molecule is C1=CC2SC3=C(C=CC4NC5CCCCC5C34)C2CC1. The lowest BCUT2D eigenvalue weighted by atomic mass is 9.74. The van der Waals surface area contributed by atoms with Gasteiger partial charge >= 0.3 is 0 Å². The van der Waals surface area contributed by atoms with Crippen LogP contribution in [0.25, 0.3) is 0 Å². The highest BCUT2D eigenvalue weighted by molar-refractivity contribution is 8.04. The number of allylic oxidation sites excluding steroid dienone is 3. The van der Waals surface area contributed by atoms with Crippen molar-refractivity contribution in [2.24, 2.45) is 17.8 Å². The van der Waals surface area contributed by atoms with Gasteiger partial charge in [0.2, 0.25) is 0 Å². The fourth-order valence-electron chi connectivity index (χ4n) is 5.29. The zero-order valence-corrected chi connectivity index (χ0v) is 12.7. The summed E-state index contributed by atoms with van der Waals surface area (Å²) in [5.74, 6) is 2.55. The summed E-state index contributed by atoms with van der Waals surface area (Å²) < 4.78 is 0. The predicted molar refractivity (Wildman–Crippen MR) is 85.6 cm³/mol. The van der Waals surface area contributed by atoms with Crippen LogP contribution in [-0.2, 0) is 0 Å². The summed E-state index contributed by atoms with van der Waals surface area (Å²) in [6.45, 7) is 0. The summed E-state index contributed by atoms with van der Waals surface area (Å²) in [7, 11) is 0. The van der Waals surface area contributed by atoms with Crippen molar-refractivity contribution < 1.29 is 0 Å². The average molecular weight is 285 g/mol. The zero-order valence-electron chi connectivity index (χ0n) is 11.9. The van der Waals surface area contributed by atoms with Gasteiger partial charge in [0.15, 0.2) is 0 Å². The molecule has 6 atom stereocenters. The second-order valence-corrected chi connectivity index (χ2v) is 8.37. The number of rotatable bonds is 0. The van der Waals surface area contributed by atoms with Crippen molar-refractivity contribution in [1.29, 1.82) is 0 Å². The first-order valence-corrected chi connectivity index (χ1v) is 9.31. The molecule has 1 nitrogen and oxygen atoms in total. The van der Waals surface area contributed by atoms with E-state index in [0.717, 1.165) is 29.0 Å². The first-order chi connectivity index (χ1) is 9.92. The van der Waals surface area contributed by atoms with E-state index in [2.05, 4.69) is 41.4 Å². The molecule has 2 aliphatic heterocycles. The van der Waals surface area contributed by atoms with E-state index < -0.39 is 0 Å². The molecule has 1 N–H and O–H groups in total. The average Bonchev–Trinajstić information content (AvgIpc) is 3.04. The lowest BCUT2D eigenvalue weighted by molar-refractivity contribution is 0.294. The van der Waals surface area contributed by atoms with E-state index in [-0.39, 0.29) is 0 Å². The molecule has 5 aliphatic rings. The van der Waals surface area contributed by atoms with Gasteiger partial charge in [-0.25, -0.2) is 0 Å². The Bertz CT molecular complexity index is 518. The molecule has 0 spiro atoms. The molecule has 2 heterocycles. The molecule has 0 aromatic carbocycles. The van der Waals surface area contributed by atoms with Crippen molar-refractivity contribution in [1.82, 2.24) is 5.32 Å². The molecular weight excluding hydrogens is 262 g/mol. The summed E-state index contributed by atoms with van der Waals surface area (Å²) in [6.07, 6.45) is 18.3. The molecule has 1 saturated heterocycles. The van der Waals surface area contributed by atoms with Gasteiger partial charge in [0.1, 0.15) is 0 Å². The first kappa shape index (κ1) is 12.1. The van der Waals surface area contributed by atoms with Crippen molar-refractivity contribution in [3.8, 4) is 0 Å². The third kappa shape index (κ3) is 1.61. The Morgan fingerprint density at radius 2 is 2.05 bits per heavy atom. The van der Waals surface area contributed by atoms with Crippen molar-refractivity contribution in [3.05, 3.63) is 34.8 Å². The molecule has 0 amide bonds. The molecule has 0 bridgehead atoms. The van der Waals surface area contributed by atoms with Crippen LogP contribution in [0.15, 0.2) is 34.8 Å². The van der Waals surface area contributed by atoms with E-state index in [4.69, 9.17) is 0 Å². The summed E-state index contributed by atoms with van der Waals surface area (Å²) >= 11 is 2.21. The summed E-state index contributed by atoms with van der Waals surface area (Å²) in [5.41, 5.74) is 1.72. The highest BCUT2D eigenvalue weighted by Crippen LogP contribution is 2.56. The molecule has 6 unspecified atom stereocenters. The quantitative estimate of drug-likeness (QED) is 0.674. The molecule has 0 radical (unpaired) electrons. The maximum absolute atomic E-state index is 3.94. The Labute approximate surface area is 126 Å². The fourth-order valence-corrected chi connectivity index (χ4v) is 7.05. The van der Waals surface area contributed by atoms with Gasteiger partial charge in [0.05, 0.1) is 0 Å². The molecule has 5 rings (SSSR count). The van der Waals surface area contributed by atoms with E-state index in [1.165, 1.54) is 38.5 Å². The highest BCUT2D eigenvalue weighted by atomic mass is 32.2. The van der Waals surface area contributed by atoms with E-state index in [0.29, 0.717) is 6.04 Å². The summed E-state index contributed by atoms with van der Waals surface area (Å²) in [4.78, 5) is 1.78. The topological polar surface area (TPSA) is 12.0 Å². The van der Waals surface area contributed by atoms with Crippen LogP contribution in [0.5, 0.6) is 0 Å². The second kappa shape index (κ2) is 4.51. The molecular formula is C18H23NS. The van der Waals surface area contributed by atoms with Crippen LogP contribution in [0.4, 0.5) is 0 Å². The van der Waals surface area contributed by atoms with Crippen LogP contribution in [0, 0.1) is 17.8 Å². The largest absolute Gasteiger partial charge is 0.307 e. The van der Waals surface area contributed by atoms with Crippen molar-refractivity contribution in [2.45, 2.75) is 55.9 Å².